The number of nitrogens with two attached hydrogens (primary N) is 1. The van der Waals surface area contributed by atoms with Crippen LogP contribution in [0.1, 0.15) is 0 Å². The molecule has 15 heteroatoms. The molecule has 0 aliphatic heterocycles. The molecule has 0 saturated heterocycles. The lowest BCUT2D eigenvalue weighted by Gasteiger charge is -2.32. The number of anilines is 1. The number of carbonyl (C=O) groups excluding carboxylic acids is 3. The minimum atomic E-state index is -4.74. The largest absolute Gasteiger partial charge is 0.407 e. The van der Waals surface area contributed by atoms with Gasteiger partial charge in [0.1, 0.15) is 12.4 Å². The lowest BCUT2D eigenvalue weighted by Crippen LogP contribution is -2.66. The van der Waals surface area contributed by atoms with Gasteiger partial charge in [0.2, 0.25) is 6.41 Å². The van der Waals surface area contributed by atoms with E-state index in [-0.39, 0.29) is 12.1 Å². The smallest absolute Gasteiger partial charge is 0.405 e. The second-order valence-corrected chi connectivity index (χ2v) is 6.37. The van der Waals surface area contributed by atoms with E-state index in [1.807, 2.05) is 0 Å². The molecule has 0 saturated carbocycles. The maximum atomic E-state index is 13.0. The molecule has 1 unspecified atom stereocenters. The maximum absolute atomic E-state index is 13.0. The van der Waals surface area contributed by atoms with Gasteiger partial charge in [-0.1, -0.05) is 0 Å². The highest BCUT2D eigenvalue weighted by atomic mass is 19.4. The standard InChI is InChI=1S/C19H22F4N8O3/c1-26-17(34)18(29-11-32,15(6-7-24)27-10-19(21,22)23)9-28-16(33)14(8-25)31-30-13-4-2-12(20)3-5-13/h2-8,11,25,30H,9-10,24H2,1H3,(H,26,34)(H,28,33)(H,29,32)/b7-6?,25-8?,27-15?,31-14+. The summed E-state index contributed by atoms with van der Waals surface area (Å²) in [7, 11) is 1.15. The molecule has 0 aromatic heterocycles. The molecule has 34 heavy (non-hydrogen) atoms. The van der Waals surface area contributed by atoms with E-state index in [4.69, 9.17) is 11.1 Å². The Morgan fingerprint density at radius 1 is 1.21 bits per heavy atom. The average molecular weight is 486 g/mol. The predicted molar refractivity (Wildman–Crippen MR) is 117 cm³/mol. The fraction of sp³-hybridized carbons (Fsp3) is 0.263. The number of alkyl halides is 3. The van der Waals surface area contributed by atoms with Crippen LogP contribution in [0.4, 0.5) is 23.2 Å². The molecule has 0 fully saturated rings. The van der Waals surface area contributed by atoms with Crippen molar-refractivity contribution in [3.8, 4) is 0 Å². The van der Waals surface area contributed by atoms with Gasteiger partial charge in [-0.15, -0.1) is 0 Å². The minimum Gasteiger partial charge on any atom is -0.405 e. The van der Waals surface area contributed by atoms with E-state index in [0.717, 1.165) is 31.5 Å². The third-order valence-corrected chi connectivity index (χ3v) is 4.07. The van der Waals surface area contributed by atoms with Crippen molar-refractivity contribution in [3.05, 3.63) is 42.4 Å². The van der Waals surface area contributed by atoms with Crippen molar-refractivity contribution < 1.29 is 31.9 Å². The highest BCUT2D eigenvalue weighted by molar-refractivity contribution is 6.60. The van der Waals surface area contributed by atoms with E-state index in [9.17, 15) is 31.9 Å². The van der Waals surface area contributed by atoms with Crippen LogP contribution in [-0.4, -0.2) is 67.7 Å². The SMILES string of the molecule is CNC(=O)C(CNC(=O)/C(C=N)=N/Nc1ccc(F)cc1)(NC=O)C(C=CN)=NCC(F)(F)F. The number of carbonyl (C=O) groups is 3. The van der Waals surface area contributed by atoms with Gasteiger partial charge in [-0.2, -0.15) is 18.3 Å². The van der Waals surface area contributed by atoms with E-state index in [1.165, 1.54) is 12.1 Å². The summed E-state index contributed by atoms with van der Waals surface area (Å²) in [6.45, 7) is -2.48. The molecule has 1 rings (SSSR count). The second kappa shape index (κ2) is 12.7. The summed E-state index contributed by atoms with van der Waals surface area (Å²) in [5.41, 5.74) is 4.58. The van der Waals surface area contributed by atoms with Crippen LogP contribution >= 0.6 is 0 Å². The lowest BCUT2D eigenvalue weighted by atomic mass is 9.91. The van der Waals surface area contributed by atoms with Crippen molar-refractivity contribution in [1.29, 1.82) is 5.41 Å². The molecule has 0 bridgehead atoms. The molecule has 0 aliphatic carbocycles. The first kappa shape index (κ1) is 27.7. The van der Waals surface area contributed by atoms with E-state index >= 15 is 0 Å². The lowest BCUT2D eigenvalue weighted by molar-refractivity contribution is -0.127. The summed E-state index contributed by atoms with van der Waals surface area (Å²) in [5, 5.41) is 17.5. The first-order valence-corrected chi connectivity index (χ1v) is 9.34. The number of hydrogen-bond donors (Lipinski definition) is 6. The summed E-state index contributed by atoms with van der Waals surface area (Å²) >= 11 is 0. The van der Waals surface area contributed by atoms with Crippen LogP contribution in [0.15, 0.2) is 46.6 Å². The van der Waals surface area contributed by atoms with Crippen LogP contribution in [0.2, 0.25) is 0 Å². The molecule has 0 heterocycles. The molecule has 184 valence electrons. The van der Waals surface area contributed by atoms with Crippen molar-refractivity contribution in [2.24, 2.45) is 15.8 Å². The number of aliphatic imine (C=N–C) groups is 1. The van der Waals surface area contributed by atoms with Crippen molar-refractivity contribution in [1.82, 2.24) is 16.0 Å². The van der Waals surface area contributed by atoms with Crippen LogP contribution in [-0.2, 0) is 14.4 Å². The number of amides is 3. The van der Waals surface area contributed by atoms with Crippen molar-refractivity contribution >= 4 is 41.5 Å². The first-order chi connectivity index (χ1) is 16.0. The van der Waals surface area contributed by atoms with Gasteiger partial charge >= 0.3 is 6.18 Å². The quantitative estimate of drug-likeness (QED) is 0.106. The van der Waals surface area contributed by atoms with Gasteiger partial charge in [0, 0.05) is 7.05 Å². The van der Waals surface area contributed by atoms with Gasteiger partial charge in [-0.3, -0.25) is 24.8 Å². The van der Waals surface area contributed by atoms with Crippen molar-refractivity contribution in [2.75, 3.05) is 25.6 Å². The van der Waals surface area contributed by atoms with Crippen LogP contribution in [0.3, 0.4) is 0 Å². The Labute approximate surface area is 191 Å². The summed E-state index contributed by atoms with van der Waals surface area (Å²) in [5.74, 6) is -2.56. The van der Waals surface area contributed by atoms with Gasteiger partial charge < -0.3 is 27.1 Å². The van der Waals surface area contributed by atoms with E-state index in [2.05, 4.69) is 31.5 Å². The summed E-state index contributed by atoms with van der Waals surface area (Å²) in [6, 6.07) is 4.87. The van der Waals surface area contributed by atoms with Crippen LogP contribution in [0.5, 0.6) is 0 Å². The molecule has 7 N–H and O–H groups in total. The predicted octanol–water partition coefficient (Wildman–Crippen LogP) is 0.0659. The topological polar surface area (TPSA) is 174 Å². The third-order valence-electron chi connectivity index (χ3n) is 4.07. The summed E-state index contributed by atoms with van der Waals surface area (Å²) < 4.78 is 51.2. The summed E-state index contributed by atoms with van der Waals surface area (Å²) in [6.07, 6.45) is -2.47. The maximum Gasteiger partial charge on any atom is 0.407 e. The monoisotopic (exact) mass is 486 g/mol. The number of benzene rings is 1. The molecule has 11 nitrogen and oxygen atoms in total. The molecule has 1 aromatic carbocycles. The van der Waals surface area contributed by atoms with E-state index < -0.39 is 53.9 Å². The number of nitrogens with zero attached hydrogens (tertiary/aromatic N) is 2. The summed E-state index contributed by atoms with van der Waals surface area (Å²) in [4.78, 5) is 39.7. The number of rotatable bonds is 12. The van der Waals surface area contributed by atoms with Gasteiger partial charge in [-0.05, 0) is 36.5 Å². The molecule has 0 radical (unpaired) electrons. The molecule has 3 amide bonds. The normalized spacial score (nSPS) is 14.1. The molecular weight excluding hydrogens is 464 g/mol. The van der Waals surface area contributed by atoms with Gasteiger partial charge in [0.15, 0.2) is 11.3 Å². The highest BCUT2D eigenvalue weighted by Gasteiger charge is 2.43. The fourth-order valence-corrected chi connectivity index (χ4v) is 2.49. The van der Waals surface area contributed by atoms with Crippen molar-refractivity contribution in [3.63, 3.8) is 0 Å². The number of nitrogens with one attached hydrogen (secondary N) is 5. The Morgan fingerprint density at radius 3 is 2.35 bits per heavy atom. The third kappa shape index (κ3) is 7.99. The van der Waals surface area contributed by atoms with E-state index in [0.29, 0.717) is 6.21 Å². The first-order valence-electron chi connectivity index (χ1n) is 9.34. The minimum absolute atomic E-state index is 0.0383. The van der Waals surface area contributed by atoms with Crippen LogP contribution < -0.4 is 27.1 Å². The Balaban J connectivity index is 3.25. The molecule has 0 spiro atoms. The number of halogens is 4. The molecule has 1 aromatic rings. The van der Waals surface area contributed by atoms with Gasteiger partial charge in [-0.25, -0.2) is 4.39 Å². The molecule has 0 aliphatic rings. The highest BCUT2D eigenvalue weighted by Crippen LogP contribution is 2.17. The molecular formula is C19H22F4N8O3. The van der Waals surface area contributed by atoms with E-state index in [1.54, 1.807) is 0 Å². The number of hydrogen-bond acceptors (Lipinski definition) is 8. The Bertz CT molecular complexity index is 977. The number of likely N-dealkylation sites (N-methyl/N-ethyl adjacent to an activating group) is 1. The van der Waals surface area contributed by atoms with Gasteiger partial charge in [0.25, 0.3) is 11.8 Å². The Morgan fingerprint density at radius 2 is 1.85 bits per heavy atom. The Hall–Kier alpha value is -4.30. The zero-order valence-corrected chi connectivity index (χ0v) is 17.7. The second-order valence-electron chi connectivity index (χ2n) is 6.37. The van der Waals surface area contributed by atoms with Crippen molar-refractivity contribution in [2.45, 2.75) is 11.7 Å². The Kier molecular flexibility index (Phi) is 10.3. The number of hydrazone groups is 1. The fourth-order valence-electron chi connectivity index (χ4n) is 2.49. The zero-order chi connectivity index (χ0) is 25.8. The molecule has 1 atom stereocenters. The van der Waals surface area contributed by atoms with Gasteiger partial charge in [0.05, 0.1) is 24.2 Å². The zero-order valence-electron chi connectivity index (χ0n) is 17.7. The average Bonchev–Trinajstić information content (AvgIpc) is 2.80. The van der Waals surface area contributed by atoms with Crippen LogP contribution in [0.25, 0.3) is 0 Å². The van der Waals surface area contributed by atoms with Crippen LogP contribution in [0, 0.1) is 11.2 Å².